The van der Waals surface area contributed by atoms with Crippen molar-refractivity contribution in [2.45, 2.75) is 11.4 Å². The van der Waals surface area contributed by atoms with Crippen LogP contribution < -0.4 is 0 Å². The fraction of sp³-hybridized carbons (Fsp3) is 0.200. The Morgan fingerprint density at radius 1 is 1.25 bits per heavy atom. The van der Waals surface area contributed by atoms with Crippen LogP contribution in [0, 0.1) is 0 Å². The highest BCUT2D eigenvalue weighted by Crippen LogP contribution is 2.39. The normalized spacial score (nSPS) is 24.8. The molecular weight excluding hydrogens is 232 g/mol. The Morgan fingerprint density at radius 2 is 1.88 bits per heavy atom. The van der Waals surface area contributed by atoms with Crippen molar-refractivity contribution in [3.63, 3.8) is 0 Å². The Balaban J connectivity index is 2.74. The summed E-state index contributed by atoms with van der Waals surface area (Å²) in [6.07, 6.45) is 0.803. The third kappa shape index (κ3) is 1.51. The van der Waals surface area contributed by atoms with E-state index in [1.807, 2.05) is 0 Å². The summed E-state index contributed by atoms with van der Waals surface area (Å²) in [6, 6.07) is 6.12. The van der Waals surface area contributed by atoms with Crippen molar-refractivity contribution >= 4 is 16.2 Å². The number of hydrogen-bond acceptors (Lipinski definition) is 4. The second-order valence-corrected chi connectivity index (χ2v) is 5.28. The van der Waals surface area contributed by atoms with Crippen LogP contribution in [0.3, 0.4) is 0 Å². The van der Waals surface area contributed by atoms with Gasteiger partial charge in [-0.3, -0.25) is 4.55 Å². The molecule has 0 amide bonds. The van der Waals surface area contributed by atoms with Crippen molar-refractivity contribution < 1.29 is 23.2 Å². The summed E-state index contributed by atoms with van der Waals surface area (Å²) in [7, 11) is -4.72. The number of hydrogen-bond donors (Lipinski definition) is 3. The van der Waals surface area contributed by atoms with Crippen LogP contribution in [-0.2, 0) is 15.1 Å². The molecule has 0 spiro atoms. The molecule has 1 atom stereocenters. The molecule has 86 valence electrons. The molecule has 1 unspecified atom stereocenters. The molecular formula is C10H10O5S. The van der Waals surface area contributed by atoms with Gasteiger partial charge in [0.2, 0.25) is 4.93 Å². The van der Waals surface area contributed by atoms with Crippen molar-refractivity contribution in [2.24, 2.45) is 0 Å². The summed E-state index contributed by atoms with van der Waals surface area (Å²) in [6.45, 7) is 0. The minimum absolute atomic E-state index is 0.0651. The van der Waals surface area contributed by atoms with Gasteiger partial charge in [-0.2, -0.15) is 8.42 Å². The average Bonchev–Trinajstić information content (AvgIpc) is 2.15. The highest BCUT2D eigenvalue weighted by atomic mass is 32.2. The van der Waals surface area contributed by atoms with Gasteiger partial charge in [0.1, 0.15) is 0 Å². The maximum atomic E-state index is 11.2. The van der Waals surface area contributed by atoms with Gasteiger partial charge < -0.3 is 10.2 Å². The van der Waals surface area contributed by atoms with E-state index in [1.165, 1.54) is 12.1 Å². The largest absolute Gasteiger partial charge is 0.512 e. The Morgan fingerprint density at radius 3 is 2.50 bits per heavy atom. The predicted octanol–water partition coefficient (Wildman–Crippen LogP) is 1.02. The second kappa shape index (κ2) is 3.31. The number of benzene rings is 1. The van der Waals surface area contributed by atoms with Gasteiger partial charge in [0.05, 0.1) is 12.2 Å². The van der Waals surface area contributed by atoms with Crippen LogP contribution in [-0.4, -0.2) is 23.2 Å². The lowest BCUT2D eigenvalue weighted by atomic mass is 9.93. The van der Waals surface area contributed by atoms with Crippen LogP contribution in [0.2, 0.25) is 0 Å². The lowest BCUT2D eigenvalue weighted by Crippen LogP contribution is -2.38. The molecule has 0 saturated carbocycles. The van der Waals surface area contributed by atoms with Crippen LogP contribution in [0.5, 0.6) is 0 Å². The smallest absolute Gasteiger partial charge is 0.300 e. The van der Waals surface area contributed by atoms with Crippen molar-refractivity contribution in [3.8, 4) is 0 Å². The molecule has 5 nitrogen and oxygen atoms in total. The Kier molecular flexibility index (Phi) is 2.30. The highest BCUT2D eigenvalue weighted by Gasteiger charge is 2.46. The van der Waals surface area contributed by atoms with Crippen molar-refractivity contribution in [1.82, 2.24) is 0 Å². The van der Waals surface area contributed by atoms with Crippen LogP contribution >= 0.6 is 0 Å². The maximum absolute atomic E-state index is 11.2. The molecule has 1 aliphatic carbocycles. The van der Waals surface area contributed by atoms with Gasteiger partial charge >= 0.3 is 0 Å². The number of aliphatic hydroxyl groups excluding tert-OH is 1. The highest BCUT2D eigenvalue weighted by molar-refractivity contribution is 7.86. The molecule has 6 heteroatoms. The summed E-state index contributed by atoms with van der Waals surface area (Å²) >= 11 is 0. The van der Waals surface area contributed by atoms with Gasteiger partial charge in [0.15, 0.2) is 0 Å². The standard InChI is InChI=1S/C10H10O5S/c11-8-5-7-3-1-2-4-9(7)10(12,6-8)16(13,14)15/h1-5,11-12H,6H2,(H,13,14,15). The van der Waals surface area contributed by atoms with E-state index in [1.54, 1.807) is 18.2 Å². The Bertz CT molecular complexity index is 560. The van der Waals surface area contributed by atoms with Crippen molar-refractivity contribution in [1.29, 1.82) is 0 Å². The van der Waals surface area contributed by atoms with Gasteiger partial charge in [-0.1, -0.05) is 24.3 Å². The van der Waals surface area contributed by atoms with E-state index in [-0.39, 0.29) is 11.3 Å². The summed E-state index contributed by atoms with van der Waals surface area (Å²) in [5, 5.41) is 19.4. The topological polar surface area (TPSA) is 94.8 Å². The van der Waals surface area contributed by atoms with Gasteiger partial charge in [-0.25, -0.2) is 0 Å². The maximum Gasteiger partial charge on any atom is 0.300 e. The van der Waals surface area contributed by atoms with Gasteiger partial charge in [-0.15, -0.1) is 0 Å². The zero-order valence-corrected chi connectivity index (χ0v) is 8.98. The zero-order chi connectivity index (χ0) is 12.0. The molecule has 16 heavy (non-hydrogen) atoms. The van der Waals surface area contributed by atoms with E-state index in [4.69, 9.17) is 4.55 Å². The number of fused-ring (bicyclic) bond motifs is 1. The monoisotopic (exact) mass is 242 g/mol. The third-order valence-corrected chi connectivity index (χ3v) is 3.77. The summed E-state index contributed by atoms with van der Waals surface area (Å²) in [5.74, 6) is -0.293. The minimum atomic E-state index is -4.72. The molecule has 1 aromatic rings. The van der Waals surface area contributed by atoms with Crippen LogP contribution in [0.1, 0.15) is 17.5 Å². The van der Waals surface area contributed by atoms with E-state index >= 15 is 0 Å². The van der Waals surface area contributed by atoms with E-state index in [0.29, 0.717) is 5.56 Å². The number of rotatable bonds is 1. The molecule has 1 aliphatic rings. The molecule has 1 aromatic carbocycles. The first kappa shape index (κ1) is 11.1. The summed E-state index contributed by atoms with van der Waals surface area (Å²) in [5.41, 5.74) is 0.432. The molecule has 0 saturated heterocycles. The first-order valence-corrected chi connectivity index (χ1v) is 5.97. The predicted molar refractivity (Wildman–Crippen MR) is 57.1 cm³/mol. The third-order valence-electron chi connectivity index (χ3n) is 2.55. The van der Waals surface area contributed by atoms with Crippen molar-refractivity contribution in [2.75, 3.05) is 0 Å². The van der Waals surface area contributed by atoms with Crippen LogP contribution in [0.15, 0.2) is 30.0 Å². The fourth-order valence-corrected chi connectivity index (χ4v) is 2.57. The van der Waals surface area contributed by atoms with E-state index in [9.17, 15) is 18.6 Å². The summed E-state index contributed by atoms with van der Waals surface area (Å²) in [4.78, 5) is -2.47. The van der Waals surface area contributed by atoms with Crippen LogP contribution in [0.4, 0.5) is 0 Å². The van der Waals surface area contributed by atoms with Gasteiger partial charge in [-0.05, 0) is 11.6 Å². The van der Waals surface area contributed by atoms with E-state index in [2.05, 4.69) is 0 Å². The van der Waals surface area contributed by atoms with Gasteiger partial charge in [0, 0.05) is 5.56 Å². The lowest BCUT2D eigenvalue weighted by molar-refractivity contribution is 0.0976. The molecule has 0 fully saturated rings. The average molecular weight is 242 g/mol. The Labute approximate surface area is 92.4 Å². The first-order valence-electron chi connectivity index (χ1n) is 4.53. The first-order chi connectivity index (χ1) is 7.34. The second-order valence-electron chi connectivity index (χ2n) is 3.66. The SMILES string of the molecule is O=S(=O)(O)C1(O)CC(O)=Cc2ccccc21. The molecule has 0 aromatic heterocycles. The van der Waals surface area contributed by atoms with E-state index < -0.39 is 21.5 Å². The lowest BCUT2D eigenvalue weighted by Gasteiger charge is -2.29. The van der Waals surface area contributed by atoms with Crippen LogP contribution in [0.25, 0.3) is 6.08 Å². The number of aliphatic hydroxyl groups is 2. The molecule has 0 heterocycles. The fourth-order valence-electron chi connectivity index (χ4n) is 1.78. The Hall–Kier alpha value is -1.37. The molecule has 0 aliphatic heterocycles. The molecule has 2 rings (SSSR count). The summed E-state index contributed by atoms with van der Waals surface area (Å²) < 4.78 is 31.4. The zero-order valence-electron chi connectivity index (χ0n) is 8.16. The van der Waals surface area contributed by atoms with E-state index in [0.717, 1.165) is 0 Å². The quantitative estimate of drug-likeness (QED) is 0.639. The minimum Gasteiger partial charge on any atom is -0.512 e. The molecule has 3 N–H and O–H groups in total. The van der Waals surface area contributed by atoms with Gasteiger partial charge in [0.25, 0.3) is 10.1 Å². The van der Waals surface area contributed by atoms with Crippen molar-refractivity contribution in [3.05, 3.63) is 41.2 Å². The molecule has 0 radical (unpaired) electrons. The molecule has 0 bridgehead atoms.